The number of carbonyl (C=O) groups excluding carboxylic acids is 1. The largest absolute Gasteiger partial charge is 0.493 e. The van der Waals surface area contributed by atoms with Gasteiger partial charge in [0.1, 0.15) is 5.75 Å². The van der Waals surface area contributed by atoms with Crippen molar-refractivity contribution in [2.45, 2.75) is 32.7 Å². The van der Waals surface area contributed by atoms with E-state index in [9.17, 15) is 14.7 Å². The smallest absolute Gasteiger partial charge is 0.331 e. The Labute approximate surface area is 136 Å². The minimum Gasteiger partial charge on any atom is -0.493 e. The van der Waals surface area contributed by atoms with Crippen LogP contribution in [0, 0.1) is 5.92 Å². The summed E-state index contributed by atoms with van der Waals surface area (Å²) in [6.45, 7) is 6.08. The SMILES string of the molecule is COCC(C)(NC(=O)Cc1ccc(OCC(C)C)cc1)C(=O)O. The molecule has 0 bridgehead atoms. The van der Waals surface area contributed by atoms with Crippen molar-refractivity contribution < 1.29 is 24.2 Å². The van der Waals surface area contributed by atoms with Gasteiger partial charge in [-0.2, -0.15) is 0 Å². The van der Waals surface area contributed by atoms with E-state index in [1.54, 1.807) is 24.3 Å². The lowest BCUT2D eigenvalue weighted by Crippen LogP contribution is -2.55. The van der Waals surface area contributed by atoms with Gasteiger partial charge in [0.25, 0.3) is 0 Å². The average Bonchev–Trinajstić information content (AvgIpc) is 2.46. The molecule has 0 aliphatic carbocycles. The summed E-state index contributed by atoms with van der Waals surface area (Å²) in [5, 5.41) is 11.7. The van der Waals surface area contributed by atoms with Crippen molar-refractivity contribution in [1.29, 1.82) is 0 Å². The number of hydrogen-bond acceptors (Lipinski definition) is 4. The van der Waals surface area contributed by atoms with E-state index in [0.717, 1.165) is 11.3 Å². The topological polar surface area (TPSA) is 84.9 Å². The van der Waals surface area contributed by atoms with E-state index in [1.807, 2.05) is 0 Å². The van der Waals surface area contributed by atoms with Crippen molar-refractivity contribution in [3.05, 3.63) is 29.8 Å². The predicted molar refractivity (Wildman–Crippen MR) is 86.5 cm³/mol. The van der Waals surface area contributed by atoms with Crippen LogP contribution in [-0.4, -0.2) is 42.8 Å². The Kier molecular flexibility index (Phi) is 7.03. The summed E-state index contributed by atoms with van der Waals surface area (Å²) in [5.74, 6) is -0.319. The molecule has 1 atom stereocenters. The van der Waals surface area contributed by atoms with E-state index in [2.05, 4.69) is 19.2 Å². The van der Waals surface area contributed by atoms with Crippen LogP contribution in [0.15, 0.2) is 24.3 Å². The number of carboxylic acid groups (broad SMARTS) is 1. The quantitative estimate of drug-likeness (QED) is 0.725. The van der Waals surface area contributed by atoms with Crippen LogP contribution in [0.1, 0.15) is 26.3 Å². The number of benzene rings is 1. The molecule has 6 nitrogen and oxygen atoms in total. The van der Waals surface area contributed by atoms with Gasteiger partial charge in [0, 0.05) is 7.11 Å². The number of rotatable bonds is 9. The molecule has 0 radical (unpaired) electrons. The van der Waals surface area contributed by atoms with E-state index < -0.39 is 11.5 Å². The maximum Gasteiger partial charge on any atom is 0.331 e. The molecule has 0 aromatic heterocycles. The van der Waals surface area contributed by atoms with Crippen LogP contribution >= 0.6 is 0 Å². The fourth-order valence-corrected chi connectivity index (χ4v) is 1.94. The van der Waals surface area contributed by atoms with Crippen molar-refractivity contribution in [2.75, 3.05) is 20.3 Å². The summed E-state index contributed by atoms with van der Waals surface area (Å²) in [6.07, 6.45) is 0.0943. The Morgan fingerprint density at radius 3 is 2.35 bits per heavy atom. The summed E-state index contributed by atoms with van der Waals surface area (Å²) in [5.41, 5.74) is -0.656. The Hall–Kier alpha value is -2.08. The van der Waals surface area contributed by atoms with Crippen LogP contribution in [0.2, 0.25) is 0 Å². The monoisotopic (exact) mass is 323 g/mol. The standard InChI is InChI=1S/C17H25NO5/c1-12(2)10-23-14-7-5-13(6-8-14)9-15(19)18-17(3,11-22-4)16(20)21/h5-8,12H,9-11H2,1-4H3,(H,18,19)(H,20,21). The van der Waals surface area contributed by atoms with Crippen molar-refractivity contribution in [3.8, 4) is 5.75 Å². The molecule has 0 heterocycles. The number of aliphatic carboxylic acids is 1. The summed E-state index contributed by atoms with van der Waals surface area (Å²) < 4.78 is 10.4. The highest BCUT2D eigenvalue weighted by Crippen LogP contribution is 2.14. The normalized spacial score (nSPS) is 13.4. The maximum atomic E-state index is 12.0. The molecule has 2 N–H and O–H groups in total. The predicted octanol–water partition coefficient (Wildman–Crippen LogP) is 1.87. The second-order valence-electron chi connectivity index (χ2n) is 6.14. The first-order chi connectivity index (χ1) is 10.8. The van der Waals surface area contributed by atoms with Gasteiger partial charge in [-0.1, -0.05) is 26.0 Å². The minimum absolute atomic E-state index is 0.0943. The second kappa shape index (κ2) is 8.53. The molecule has 1 aromatic carbocycles. The first-order valence-electron chi connectivity index (χ1n) is 7.52. The number of nitrogens with one attached hydrogen (secondary N) is 1. The lowest BCUT2D eigenvalue weighted by molar-refractivity contribution is -0.149. The molecule has 0 spiro atoms. The number of hydrogen-bond donors (Lipinski definition) is 2. The van der Waals surface area contributed by atoms with Gasteiger partial charge in [-0.3, -0.25) is 4.79 Å². The van der Waals surface area contributed by atoms with Crippen molar-refractivity contribution in [3.63, 3.8) is 0 Å². The van der Waals surface area contributed by atoms with Gasteiger partial charge >= 0.3 is 5.97 Å². The fraction of sp³-hybridized carbons (Fsp3) is 0.529. The Balaban J connectivity index is 2.61. The summed E-state index contributed by atoms with van der Waals surface area (Å²) >= 11 is 0. The van der Waals surface area contributed by atoms with E-state index >= 15 is 0 Å². The van der Waals surface area contributed by atoms with Crippen molar-refractivity contribution in [1.82, 2.24) is 5.32 Å². The highest BCUT2D eigenvalue weighted by Gasteiger charge is 2.34. The summed E-state index contributed by atoms with van der Waals surface area (Å²) in [6, 6.07) is 7.19. The summed E-state index contributed by atoms with van der Waals surface area (Å²) in [4.78, 5) is 23.3. The molecule has 1 rings (SSSR count). The highest BCUT2D eigenvalue weighted by molar-refractivity contribution is 5.87. The zero-order valence-electron chi connectivity index (χ0n) is 14.1. The first-order valence-corrected chi connectivity index (χ1v) is 7.52. The average molecular weight is 323 g/mol. The molecule has 0 fully saturated rings. The molecule has 1 amide bonds. The van der Waals surface area contributed by atoms with Crippen molar-refractivity contribution in [2.24, 2.45) is 5.92 Å². The van der Waals surface area contributed by atoms with Crippen LogP contribution in [0.5, 0.6) is 5.75 Å². The number of carboxylic acids is 1. The molecule has 6 heteroatoms. The van der Waals surface area contributed by atoms with Crippen LogP contribution in [0.4, 0.5) is 0 Å². The lowest BCUT2D eigenvalue weighted by atomic mass is 10.0. The number of ether oxygens (including phenoxy) is 2. The van der Waals surface area contributed by atoms with Crippen LogP contribution in [-0.2, 0) is 20.7 Å². The van der Waals surface area contributed by atoms with E-state index in [4.69, 9.17) is 9.47 Å². The van der Waals surface area contributed by atoms with E-state index in [0.29, 0.717) is 12.5 Å². The first kappa shape index (κ1) is 19.0. The molecule has 1 aromatic rings. The van der Waals surface area contributed by atoms with Crippen molar-refractivity contribution >= 4 is 11.9 Å². The molecule has 0 saturated carbocycles. The van der Waals surface area contributed by atoms with Gasteiger partial charge in [0.2, 0.25) is 5.91 Å². The van der Waals surface area contributed by atoms with Crippen LogP contribution in [0.3, 0.4) is 0 Å². The van der Waals surface area contributed by atoms with E-state index in [-0.39, 0.29) is 18.9 Å². The number of amides is 1. The summed E-state index contributed by atoms with van der Waals surface area (Å²) in [7, 11) is 1.39. The lowest BCUT2D eigenvalue weighted by Gasteiger charge is -2.25. The number of carbonyl (C=O) groups is 2. The van der Waals surface area contributed by atoms with Crippen LogP contribution < -0.4 is 10.1 Å². The third-order valence-corrected chi connectivity index (χ3v) is 3.19. The van der Waals surface area contributed by atoms with Crippen LogP contribution in [0.25, 0.3) is 0 Å². The zero-order chi connectivity index (χ0) is 17.5. The third-order valence-electron chi connectivity index (χ3n) is 3.19. The molecule has 23 heavy (non-hydrogen) atoms. The second-order valence-corrected chi connectivity index (χ2v) is 6.14. The molecule has 1 unspecified atom stereocenters. The maximum absolute atomic E-state index is 12.0. The molecule has 128 valence electrons. The highest BCUT2D eigenvalue weighted by atomic mass is 16.5. The van der Waals surface area contributed by atoms with Gasteiger partial charge in [-0.15, -0.1) is 0 Å². The molecule has 0 saturated heterocycles. The Morgan fingerprint density at radius 1 is 1.26 bits per heavy atom. The van der Waals surface area contributed by atoms with Gasteiger partial charge in [0.05, 0.1) is 19.6 Å². The molecular weight excluding hydrogens is 298 g/mol. The third kappa shape index (κ3) is 6.28. The van der Waals surface area contributed by atoms with E-state index in [1.165, 1.54) is 14.0 Å². The Bertz CT molecular complexity index is 526. The van der Waals surface area contributed by atoms with Gasteiger partial charge < -0.3 is 19.9 Å². The van der Waals surface area contributed by atoms with Gasteiger partial charge in [-0.25, -0.2) is 4.79 Å². The molecule has 0 aliphatic heterocycles. The number of methoxy groups -OCH3 is 1. The minimum atomic E-state index is -1.44. The Morgan fingerprint density at radius 2 is 1.87 bits per heavy atom. The zero-order valence-corrected chi connectivity index (χ0v) is 14.1. The fourth-order valence-electron chi connectivity index (χ4n) is 1.94. The van der Waals surface area contributed by atoms with Gasteiger partial charge in [0.15, 0.2) is 5.54 Å². The molecule has 0 aliphatic rings. The molecular formula is C17H25NO5. The van der Waals surface area contributed by atoms with Gasteiger partial charge in [-0.05, 0) is 30.5 Å².